The third-order valence-electron chi connectivity index (χ3n) is 4.63. The lowest BCUT2D eigenvalue weighted by atomic mass is 9.87. The third-order valence-corrected chi connectivity index (χ3v) is 4.63. The number of fused-ring (bicyclic) bond motifs is 1. The maximum atomic E-state index is 9.10. The van der Waals surface area contributed by atoms with Gasteiger partial charge in [-0.05, 0) is 55.0 Å². The Morgan fingerprint density at radius 2 is 1.83 bits per heavy atom. The van der Waals surface area contributed by atoms with Crippen molar-refractivity contribution in [1.82, 2.24) is 5.32 Å². The van der Waals surface area contributed by atoms with Crippen molar-refractivity contribution in [1.29, 1.82) is 0 Å². The zero-order valence-electron chi connectivity index (χ0n) is 16.7. The molecule has 0 saturated carbocycles. The van der Waals surface area contributed by atoms with E-state index in [0.29, 0.717) is 12.6 Å². The molecule has 3 N–H and O–H groups in total. The van der Waals surface area contributed by atoms with E-state index in [1.807, 2.05) is 13.0 Å². The maximum absolute atomic E-state index is 9.10. The molecular formula is C22H27NO6. The number of carboxylic acid groups (broad SMARTS) is 2. The second kappa shape index (κ2) is 11.1. The average molecular weight is 401 g/mol. The van der Waals surface area contributed by atoms with Gasteiger partial charge in [0.05, 0.1) is 13.7 Å². The van der Waals surface area contributed by atoms with E-state index in [1.54, 1.807) is 7.11 Å². The highest BCUT2D eigenvalue weighted by atomic mass is 16.5. The van der Waals surface area contributed by atoms with E-state index in [2.05, 4.69) is 41.7 Å². The van der Waals surface area contributed by atoms with Gasteiger partial charge in [-0.1, -0.05) is 30.3 Å². The Balaban J connectivity index is 0.000000438. The third kappa shape index (κ3) is 6.50. The van der Waals surface area contributed by atoms with Crippen LogP contribution >= 0.6 is 0 Å². The summed E-state index contributed by atoms with van der Waals surface area (Å²) in [6.45, 7) is 3.47. The van der Waals surface area contributed by atoms with Gasteiger partial charge in [-0.15, -0.1) is 0 Å². The lowest BCUT2D eigenvalue weighted by Gasteiger charge is -2.26. The highest BCUT2D eigenvalue weighted by Gasteiger charge is 2.19. The van der Waals surface area contributed by atoms with E-state index < -0.39 is 11.9 Å². The van der Waals surface area contributed by atoms with Crippen LogP contribution in [-0.4, -0.2) is 35.9 Å². The van der Waals surface area contributed by atoms with Gasteiger partial charge in [0.1, 0.15) is 0 Å². The minimum Gasteiger partial charge on any atom is -0.493 e. The zero-order chi connectivity index (χ0) is 21.2. The molecule has 0 heterocycles. The number of aryl methyl sites for hydroxylation is 1. The van der Waals surface area contributed by atoms with Gasteiger partial charge in [0, 0.05) is 12.6 Å². The molecule has 0 amide bonds. The molecule has 0 aliphatic heterocycles. The number of aliphatic carboxylic acids is 2. The van der Waals surface area contributed by atoms with Gasteiger partial charge in [-0.3, -0.25) is 0 Å². The van der Waals surface area contributed by atoms with E-state index in [4.69, 9.17) is 29.3 Å². The van der Waals surface area contributed by atoms with Crippen molar-refractivity contribution in [3.05, 3.63) is 59.2 Å². The second-order valence-electron chi connectivity index (χ2n) is 6.55. The molecule has 1 aliphatic carbocycles. The lowest BCUT2D eigenvalue weighted by Crippen LogP contribution is -2.24. The Bertz CT molecular complexity index is 824. The molecule has 7 nitrogen and oxygen atoms in total. The normalized spacial score (nSPS) is 14.8. The molecule has 1 aliphatic rings. The predicted molar refractivity (Wildman–Crippen MR) is 108 cm³/mol. The summed E-state index contributed by atoms with van der Waals surface area (Å²) in [5, 5.41) is 18.5. The fourth-order valence-corrected chi connectivity index (χ4v) is 3.31. The Morgan fingerprint density at radius 3 is 2.48 bits per heavy atom. The quantitative estimate of drug-likeness (QED) is 0.637. The molecule has 29 heavy (non-hydrogen) atoms. The number of nitrogens with one attached hydrogen (secondary N) is 1. The SMILES string of the molecule is CCOc1cc(CNC2CCCc3ccccc32)ccc1OC.O=C(O)C(=O)O. The van der Waals surface area contributed by atoms with Gasteiger partial charge in [-0.25, -0.2) is 9.59 Å². The summed E-state index contributed by atoms with van der Waals surface area (Å²) in [4.78, 5) is 18.2. The van der Waals surface area contributed by atoms with Crippen LogP contribution in [0, 0.1) is 0 Å². The first-order chi connectivity index (χ1) is 14.0. The van der Waals surface area contributed by atoms with Crippen molar-refractivity contribution in [2.45, 2.75) is 38.8 Å². The first-order valence-corrected chi connectivity index (χ1v) is 9.53. The van der Waals surface area contributed by atoms with Crippen LogP contribution in [0.25, 0.3) is 0 Å². The second-order valence-corrected chi connectivity index (χ2v) is 6.55. The molecule has 3 rings (SSSR count). The van der Waals surface area contributed by atoms with Crippen LogP contribution < -0.4 is 14.8 Å². The maximum Gasteiger partial charge on any atom is 0.414 e. The first kappa shape index (κ1) is 22.2. The number of hydrogen-bond donors (Lipinski definition) is 3. The van der Waals surface area contributed by atoms with Gasteiger partial charge >= 0.3 is 11.9 Å². The number of carbonyl (C=O) groups is 2. The molecule has 1 atom stereocenters. The molecule has 0 spiro atoms. The fraction of sp³-hybridized carbons (Fsp3) is 0.364. The van der Waals surface area contributed by atoms with Crippen LogP contribution in [0.4, 0.5) is 0 Å². The summed E-state index contributed by atoms with van der Waals surface area (Å²) in [6.07, 6.45) is 3.65. The number of ether oxygens (including phenoxy) is 2. The molecule has 0 saturated heterocycles. The molecule has 2 aromatic carbocycles. The Morgan fingerprint density at radius 1 is 1.10 bits per heavy atom. The number of rotatable bonds is 6. The molecule has 156 valence electrons. The number of hydrogen-bond acceptors (Lipinski definition) is 5. The van der Waals surface area contributed by atoms with Crippen LogP contribution in [0.3, 0.4) is 0 Å². The molecule has 7 heteroatoms. The fourth-order valence-electron chi connectivity index (χ4n) is 3.31. The monoisotopic (exact) mass is 401 g/mol. The van der Waals surface area contributed by atoms with Crippen molar-refractivity contribution in [2.24, 2.45) is 0 Å². The summed E-state index contributed by atoms with van der Waals surface area (Å²) in [6, 6.07) is 15.4. The smallest absolute Gasteiger partial charge is 0.414 e. The first-order valence-electron chi connectivity index (χ1n) is 9.53. The summed E-state index contributed by atoms with van der Waals surface area (Å²) in [5.41, 5.74) is 4.16. The standard InChI is InChI=1S/C20H25NO2.C2H2O4/c1-3-23-20-13-15(11-12-19(20)22-2)14-21-18-10-6-8-16-7-4-5-9-17(16)18;3-1(4)2(5)6/h4-5,7,9,11-13,18,21H,3,6,8,10,14H2,1-2H3;(H,3,4)(H,5,6). The van der Waals surface area contributed by atoms with Crippen molar-refractivity contribution >= 4 is 11.9 Å². The van der Waals surface area contributed by atoms with Crippen molar-refractivity contribution in [2.75, 3.05) is 13.7 Å². The molecule has 0 radical (unpaired) electrons. The van der Waals surface area contributed by atoms with Crippen LogP contribution in [-0.2, 0) is 22.6 Å². The van der Waals surface area contributed by atoms with Gasteiger partial charge in [-0.2, -0.15) is 0 Å². The van der Waals surface area contributed by atoms with E-state index in [-0.39, 0.29) is 0 Å². The molecule has 0 fully saturated rings. The Hall–Kier alpha value is -3.06. The molecule has 0 aromatic heterocycles. The minimum atomic E-state index is -1.82. The van der Waals surface area contributed by atoms with E-state index in [1.165, 1.54) is 36.0 Å². The zero-order valence-corrected chi connectivity index (χ0v) is 16.7. The summed E-state index contributed by atoms with van der Waals surface area (Å²) >= 11 is 0. The molecule has 1 unspecified atom stereocenters. The predicted octanol–water partition coefficient (Wildman–Crippen LogP) is 3.42. The van der Waals surface area contributed by atoms with Crippen molar-refractivity contribution in [3.8, 4) is 11.5 Å². The van der Waals surface area contributed by atoms with Gasteiger partial charge in [0.25, 0.3) is 0 Å². The van der Waals surface area contributed by atoms with E-state index >= 15 is 0 Å². The molecule has 0 bridgehead atoms. The molecular weight excluding hydrogens is 374 g/mol. The van der Waals surface area contributed by atoms with Gasteiger partial charge in [0.15, 0.2) is 11.5 Å². The minimum absolute atomic E-state index is 0.442. The van der Waals surface area contributed by atoms with E-state index in [0.717, 1.165) is 18.0 Å². The topological polar surface area (TPSA) is 105 Å². The highest BCUT2D eigenvalue weighted by molar-refractivity contribution is 6.27. The van der Waals surface area contributed by atoms with Crippen molar-refractivity contribution in [3.63, 3.8) is 0 Å². The van der Waals surface area contributed by atoms with Gasteiger partial charge in [0.2, 0.25) is 0 Å². The largest absolute Gasteiger partial charge is 0.493 e. The summed E-state index contributed by atoms with van der Waals surface area (Å²) in [7, 11) is 1.68. The number of benzene rings is 2. The average Bonchev–Trinajstić information content (AvgIpc) is 2.73. The number of carboxylic acids is 2. The van der Waals surface area contributed by atoms with Crippen molar-refractivity contribution < 1.29 is 29.3 Å². The highest BCUT2D eigenvalue weighted by Crippen LogP contribution is 2.31. The van der Waals surface area contributed by atoms with Crippen LogP contribution in [0.15, 0.2) is 42.5 Å². The van der Waals surface area contributed by atoms with Crippen LogP contribution in [0.5, 0.6) is 11.5 Å². The lowest BCUT2D eigenvalue weighted by molar-refractivity contribution is -0.159. The summed E-state index contributed by atoms with van der Waals surface area (Å²) in [5.74, 6) is -2.04. The number of methoxy groups -OCH3 is 1. The van der Waals surface area contributed by atoms with Gasteiger partial charge < -0.3 is 25.0 Å². The Kier molecular flexibility index (Phi) is 8.48. The van der Waals surface area contributed by atoms with E-state index in [9.17, 15) is 0 Å². The van der Waals surface area contributed by atoms with Crippen LogP contribution in [0.1, 0.15) is 42.5 Å². The van der Waals surface area contributed by atoms with Crippen LogP contribution in [0.2, 0.25) is 0 Å². The summed E-state index contributed by atoms with van der Waals surface area (Å²) < 4.78 is 11.0. The molecule has 2 aromatic rings. The Labute approximate surface area is 170 Å².